The van der Waals surface area contributed by atoms with Crippen molar-refractivity contribution in [1.29, 1.82) is 0 Å². The zero-order chi connectivity index (χ0) is 26.1. The Labute approximate surface area is 226 Å². The minimum Gasteiger partial charge on any atom is -0.490 e. The summed E-state index contributed by atoms with van der Waals surface area (Å²) >= 11 is 7.78. The Morgan fingerprint density at radius 3 is 2.81 bits per heavy atom. The van der Waals surface area contributed by atoms with Crippen molar-refractivity contribution in [2.75, 3.05) is 56.2 Å². The van der Waals surface area contributed by atoms with Gasteiger partial charge >= 0.3 is 0 Å². The molecular formula is C26H34ClFN6O2S. The van der Waals surface area contributed by atoms with Gasteiger partial charge in [0.15, 0.2) is 5.82 Å². The van der Waals surface area contributed by atoms with Gasteiger partial charge in [-0.1, -0.05) is 0 Å². The van der Waals surface area contributed by atoms with Crippen molar-refractivity contribution >= 4 is 40.6 Å². The van der Waals surface area contributed by atoms with Crippen molar-refractivity contribution in [1.82, 2.24) is 14.9 Å². The lowest BCUT2D eigenvalue weighted by Crippen LogP contribution is -2.44. The standard InChI is InChI=1S/C26H34ClFN6O2S/c1-33-4-6-34(7-5-33)21-3-2-16(29)12-22(21)36-8-9-37-23-11-15-10-17(23)18(24(15)25(30)35)13-20-19(28)14-31-26(27)32-20/h2-3,12,14-15,17-18,23-24H,4-11,13,29H2,1H3,(H2,30,35)/t15-,17+,18-,23-,24+/m1/s1. The number of aromatic nitrogens is 2. The maximum absolute atomic E-state index is 14.4. The Bertz CT molecular complexity index is 1130. The number of rotatable bonds is 9. The molecule has 2 aliphatic carbocycles. The summed E-state index contributed by atoms with van der Waals surface area (Å²) in [5.41, 5.74) is 13.9. The number of halogens is 2. The van der Waals surface area contributed by atoms with Gasteiger partial charge in [0.2, 0.25) is 11.2 Å². The maximum Gasteiger partial charge on any atom is 0.222 e. The van der Waals surface area contributed by atoms with E-state index in [0.717, 1.165) is 62.4 Å². The molecule has 37 heavy (non-hydrogen) atoms. The van der Waals surface area contributed by atoms with Crippen LogP contribution in [-0.4, -0.2) is 71.6 Å². The van der Waals surface area contributed by atoms with Crippen LogP contribution >= 0.6 is 23.4 Å². The first-order valence-corrected chi connectivity index (χ1v) is 14.3. The van der Waals surface area contributed by atoms with Crippen LogP contribution in [0, 0.1) is 29.5 Å². The van der Waals surface area contributed by atoms with E-state index in [1.165, 1.54) is 0 Å². The smallest absolute Gasteiger partial charge is 0.222 e. The lowest BCUT2D eigenvalue weighted by atomic mass is 9.76. The normalized spacial score (nSPS) is 27.5. The topological polar surface area (TPSA) is 111 Å². The van der Waals surface area contributed by atoms with Crippen molar-refractivity contribution in [3.05, 3.63) is 41.2 Å². The lowest BCUT2D eigenvalue weighted by Gasteiger charge is -2.35. The number of nitrogens with two attached hydrogens (primary N) is 2. The third-order valence-corrected chi connectivity index (χ3v) is 9.71. The molecule has 0 radical (unpaired) electrons. The second kappa shape index (κ2) is 11.2. The molecule has 11 heteroatoms. The zero-order valence-corrected chi connectivity index (χ0v) is 22.6. The van der Waals surface area contributed by atoms with E-state index >= 15 is 0 Å². The molecule has 3 aliphatic rings. The molecule has 5 rings (SSSR count). The van der Waals surface area contributed by atoms with Crippen LogP contribution in [0.4, 0.5) is 15.8 Å². The summed E-state index contributed by atoms with van der Waals surface area (Å²) < 4.78 is 20.6. The van der Waals surface area contributed by atoms with Gasteiger partial charge in [-0.2, -0.15) is 11.8 Å². The van der Waals surface area contributed by atoms with Gasteiger partial charge in [0.25, 0.3) is 0 Å². The number of ether oxygens (including phenoxy) is 1. The van der Waals surface area contributed by atoms with E-state index in [-0.39, 0.29) is 40.6 Å². The van der Waals surface area contributed by atoms with Crippen LogP contribution in [-0.2, 0) is 11.2 Å². The van der Waals surface area contributed by atoms with Crippen molar-refractivity contribution in [2.45, 2.75) is 24.5 Å². The SMILES string of the molecule is CN1CCN(c2ccc(N)cc2OCCS[C@@H]2C[C@H]3C[C@H]2[C@@H](Cc2nc(Cl)ncc2F)[C@H]3C(N)=O)CC1. The highest BCUT2D eigenvalue weighted by Gasteiger charge is 2.54. The number of nitrogens with zero attached hydrogens (tertiary/aromatic N) is 4. The number of nitrogen functional groups attached to an aromatic ring is 1. The minimum absolute atomic E-state index is 0.00995. The summed E-state index contributed by atoms with van der Waals surface area (Å²) in [5, 5.41) is 0.378. The molecule has 0 spiro atoms. The summed E-state index contributed by atoms with van der Waals surface area (Å²) in [5.74, 6) is 1.03. The number of hydrogen-bond acceptors (Lipinski definition) is 8. The van der Waals surface area contributed by atoms with E-state index in [1.807, 2.05) is 30.0 Å². The van der Waals surface area contributed by atoms with Crippen LogP contribution in [0.1, 0.15) is 18.5 Å². The van der Waals surface area contributed by atoms with Gasteiger partial charge in [0.1, 0.15) is 5.75 Å². The third-order valence-electron chi connectivity index (χ3n) is 8.15. The van der Waals surface area contributed by atoms with Gasteiger partial charge in [-0.05, 0) is 67.8 Å². The summed E-state index contributed by atoms with van der Waals surface area (Å²) in [4.78, 5) is 24.8. The number of primary amides is 1. The molecule has 200 valence electrons. The summed E-state index contributed by atoms with van der Waals surface area (Å²) in [6, 6.07) is 5.88. The maximum atomic E-state index is 14.4. The number of carbonyl (C=O) groups excluding carboxylic acids is 1. The molecular weight excluding hydrogens is 515 g/mol. The Morgan fingerprint density at radius 1 is 1.27 bits per heavy atom. The second-order valence-electron chi connectivity index (χ2n) is 10.4. The molecule has 2 aromatic rings. The first kappa shape index (κ1) is 26.3. The number of thioether (sulfide) groups is 1. The van der Waals surface area contributed by atoms with Crippen molar-refractivity contribution in [2.24, 2.45) is 29.4 Å². The molecule has 0 unspecified atom stereocenters. The number of benzene rings is 1. The highest BCUT2D eigenvalue weighted by atomic mass is 35.5. The minimum atomic E-state index is -0.494. The van der Waals surface area contributed by atoms with E-state index in [2.05, 4.69) is 26.8 Å². The van der Waals surface area contributed by atoms with Crippen LogP contribution in [0.25, 0.3) is 0 Å². The van der Waals surface area contributed by atoms with Crippen molar-refractivity contribution < 1.29 is 13.9 Å². The highest BCUT2D eigenvalue weighted by molar-refractivity contribution is 7.99. The average Bonchev–Trinajstić information content (AvgIpc) is 3.43. The monoisotopic (exact) mass is 548 g/mol. The van der Waals surface area contributed by atoms with Gasteiger partial charge in [-0.15, -0.1) is 0 Å². The molecule has 1 aliphatic heterocycles. The highest BCUT2D eigenvalue weighted by Crippen LogP contribution is 2.56. The Balaban J connectivity index is 1.20. The van der Waals surface area contributed by atoms with E-state index in [1.54, 1.807) is 0 Å². The molecule has 3 fully saturated rings. The van der Waals surface area contributed by atoms with Gasteiger partial charge in [-0.3, -0.25) is 4.79 Å². The molecule has 1 aromatic carbocycles. The predicted octanol–water partition coefficient (Wildman–Crippen LogP) is 3.08. The molecule has 8 nitrogen and oxygen atoms in total. The molecule has 2 saturated carbocycles. The summed E-state index contributed by atoms with van der Waals surface area (Å²) in [7, 11) is 2.14. The molecule has 1 aromatic heterocycles. The Hall–Kier alpha value is -2.30. The summed E-state index contributed by atoms with van der Waals surface area (Å²) in [6.45, 7) is 4.50. The third kappa shape index (κ3) is 5.76. The zero-order valence-electron chi connectivity index (χ0n) is 21.0. The largest absolute Gasteiger partial charge is 0.490 e. The van der Waals surface area contributed by atoms with Crippen molar-refractivity contribution in [3.8, 4) is 5.75 Å². The van der Waals surface area contributed by atoms with E-state index in [9.17, 15) is 9.18 Å². The fraction of sp³-hybridized carbons (Fsp3) is 0.577. The van der Waals surface area contributed by atoms with Crippen LogP contribution in [0.15, 0.2) is 24.4 Å². The number of carbonyl (C=O) groups is 1. The molecule has 1 saturated heterocycles. The number of amides is 1. The molecule has 1 amide bonds. The van der Waals surface area contributed by atoms with E-state index in [4.69, 9.17) is 27.8 Å². The van der Waals surface area contributed by atoms with Gasteiger partial charge in [0, 0.05) is 54.9 Å². The fourth-order valence-electron chi connectivity index (χ4n) is 6.39. The number of piperazine rings is 1. The molecule has 5 atom stereocenters. The van der Waals surface area contributed by atoms with Crippen LogP contribution < -0.4 is 21.1 Å². The van der Waals surface area contributed by atoms with E-state index in [0.29, 0.717) is 24.0 Å². The van der Waals surface area contributed by atoms with Gasteiger partial charge in [-0.25, -0.2) is 14.4 Å². The van der Waals surface area contributed by atoms with Gasteiger partial charge in [0.05, 0.1) is 24.2 Å². The summed E-state index contributed by atoms with van der Waals surface area (Å²) in [6.07, 6.45) is 3.30. The quantitative estimate of drug-likeness (QED) is 0.279. The van der Waals surface area contributed by atoms with Gasteiger partial charge < -0.3 is 26.0 Å². The fourth-order valence-corrected chi connectivity index (χ4v) is 7.97. The Morgan fingerprint density at radius 2 is 2.05 bits per heavy atom. The Kier molecular flexibility index (Phi) is 7.97. The molecule has 2 bridgehead atoms. The number of likely N-dealkylation sites (N-methyl/N-ethyl adjacent to an activating group) is 1. The van der Waals surface area contributed by atoms with Crippen LogP contribution in [0.2, 0.25) is 5.28 Å². The second-order valence-corrected chi connectivity index (χ2v) is 12.1. The first-order valence-electron chi connectivity index (χ1n) is 12.8. The lowest BCUT2D eigenvalue weighted by molar-refractivity contribution is -0.125. The molecule has 2 heterocycles. The number of fused-ring (bicyclic) bond motifs is 2. The molecule has 4 N–H and O–H groups in total. The predicted molar refractivity (Wildman–Crippen MR) is 145 cm³/mol. The first-order chi connectivity index (χ1) is 17.8. The van der Waals surface area contributed by atoms with Crippen molar-refractivity contribution in [3.63, 3.8) is 0 Å². The number of anilines is 2. The average molecular weight is 549 g/mol. The van der Waals surface area contributed by atoms with Crippen LogP contribution in [0.5, 0.6) is 5.75 Å². The van der Waals surface area contributed by atoms with Crippen LogP contribution in [0.3, 0.4) is 0 Å². The number of hydrogen-bond donors (Lipinski definition) is 2. The van der Waals surface area contributed by atoms with E-state index < -0.39 is 5.82 Å².